The Labute approximate surface area is 116 Å². The van der Waals surface area contributed by atoms with Gasteiger partial charge >= 0.3 is 0 Å². The number of ether oxygens (including phenoxy) is 1. The van der Waals surface area contributed by atoms with E-state index in [9.17, 15) is 9.18 Å². The third kappa shape index (κ3) is 4.08. The maximum absolute atomic E-state index is 13.2. The first-order valence-corrected chi connectivity index (χ1v) is 6.29. The molecule has 0 aliphatic rings. The number of imidazole rings is 1. The maximum atomic E-state index is 13.2. The van der Waals surface area contributed by atoms with Crippen LogP contribution in [0.25, 0.3) is 0 Å². The fraction of sp³-hybridized carbons (Fsp3) is 0.286. The molecule has 0 radical (unpaired) electrons. The number of amides is 1. The van der Waals surface area contributed by atoms with Gasteiger partial charge in [0.05, 0.1) is 0 Å². The zero-order valence-electron chi connectivity index (χ0n) is 11.1. The van der Waals surface area contributed by atoms with Crippen molar-refractivity contribution < 1.29 is 13.9 Å². The summed E-state index contributed by atoms with van der Waals surface area (Å²) in [5.41, 5.74) is 0.956. The Morgan fingerprint density at radius 1 is 1.45 bits per heavy atom. The Morgan fingerprint density at radius 3 is 2.95 bits per heavy atom. The van der Waals surface area contributed by atoms with Crippen LogP contribution in [0, 0.1) is 12.7 Å². The number of carbonyl (C=O) groups is 1. The van der Waals surface area contributed by atoms with Crippen LogP contribution in [0.5, 0.6) is 5.75 Å². The molecule has 2 aromatic rings. The summed E-state index contributed by atoms with van der Waals surface area (Å²) in [6, 6.07) is 5.98. The number of carbonyl (C=O) groups excluding carboxylic acids is 1. The number of aromatic nitrogens is 2. The molecule has 1 aromatic carbocycles. The van der Waals surface area contributed by atoms with Crippen LogP contribution in [-0.4, -0.2) is 29.0 Å². The number of para-hydroxylation sites is 1. The lowest BCUT2D eigenvalue weighted by molar-refractivity contribution is -0.123. The van der Waals surface area contributed by atoms with E-state index in [1.54, 1.807) is 18.3 Å². The highest BCUT2D eigenvalue weighted by Gasteiger charge is 2.06. The molecule has 1 amide bonds. The van der Waals surface area contributed by atoms with Crippen LogP contribution in [0.4, 0.5) is 4.39 Å². The van der Waals surface area contributed by atoms with E-state index in [0.717, 1.165) is 11.5 Å². The lowest BCUT2D eigenvalue weighted by Gasteiger charge is -2.07. The number of hydrogen-bond donors (Lipinski definition) is 2. The summed E-state index contributed by atoms with van der Waals surface area (Å²) in [5, 5.41) is 2.70. The predicted octanol–water partition coefficient (Wildman–Crippen LogP) is 1.59. The molecule has 2 N–H and O–H groups in total. The Hall–Kier alpha value is -2.37. The van der Waals surface area contributed by atoms with Crippen molar-refractivity contribution in [3.05, 3.63) is 47.8 Å². The zero-order valence-corrected chi connectivity index (χ0v) is 11.1. The first-order valence-electron chi connectivity index (χ1n) is 6.29. The maximum Gasteiger partial charge on any atom is 0.257 e. The molecular formula is C14H16FN3O2. The van der Waals surface area contributed by atoms with E-state index in [1.165, 1.54) is 12.1 Å². The van der Waals surface area contributed by atoms with Crippen LogP contribution in [0.3, 0.4) is 0 Å². The lowest BCUT2D eigenvalue weighted by atomic mass is 10.3. The first-order chi connectivity index (χ1) is 9.65. The molecule has 0 aliphatic heterocycles. The van der Waals surface area contributed by atoms with Gasteiger partial charge < -0.3 is 15.0 Å². The quantitative estimate of drug-likeness (QED) is 0.842. The van der Waals surface area contributed by atoms with Crippen LogP contribution in [0.1, 0.15) is 11.5 Å². The van der Waals surface area contributed by atoms with Crippen LogP contribution in [0.15, 0.2) is 30.5 Å². The normalized spacial score (nSPS) is 10.3. The predicted molar refractivity (Wildman–Crippen MR) is 71.9 cm³/mol. The van der Waals surface area contributed by atoms with Gasteiger partial charge in [-0.05, 0) is 19.1 Å². The van der Waals surface area contributed by atoms with E-state index in [-0.39, 0.29) is 18.3 Å². The van der Waals surface area contributed by atoms with Crippen molar-refractivity contribution in [2.45, 2.75) is 13.3 Å². The molecule has 0 aliphatic carbocycles. The largest absolute Gasteiger partial charge is 0.481 e. The number of H-pyrrole nitrogens is 1. The minimum Gasteiger partial charge on any atom is -0.481 e. The number of rotatable bonds is 6. The second-order valence-electron chi connectivity index (χ2n) is 4.31. The molecule has 0 spiro atoms. The average molecular weight is 277 g/mol. The molecule has 0 saturated carbocycles. The highest BCUT2D eigenvalue weighted by atomic mass is 19.1. The smallest absolute Gasteiger partial charge is 0.257 e. The summed E-state index contributed by atoms with van der Waals surface area (Å²) in [6.07, 6.45) is 2.39. The third-order valence-electron chi connectivity index (χ3n) is 2.67. The fourth-order valence-electron chi connectivity index (χ4n) is 1.69. The first kappa shape index (κ1) is 14.0. The van der Waals surface area contributed by atoms with Gasteiger partial charge in [-0.15, -0.1) is 0 Å². The Balaban J connectivity index is 1.69. The summed E-state index contributed by atoms with van der Waals surface area (Å²) in [4.78, 5) is 18.7. The Morgan fingerprint density at radius 2 is 2.25 bits per heavy atom. The van der Waals surface area contributed by atoms with Gasteiger partial charge in [0.15, 0.2) is 18.2 Å². The third-order valence-corrected chi connectivity index (χ3v) is 2.67. The summed E-state index contributed by atoms with van der Waals surface area (Å²) < 4.78 is 18.3. The van der Waals surface area contributed by atoms with Crippen molar-refractivity contribution in [2.75, 3.05) is 13.2 Å². The molecule has 0 bridgehead atoms. The topological polar surface area (TPSA) is 67.0 Å². The van der Waals surface area contributed by atoms with Crippen molar-refractivity contribution in [2.24, 2.45) is 0 Å². The van der Waals surface area contributed by atoms with E-state index in [2.05, 4.69) is 15.3 Å². The minimum absolute atomic E-state index is 0.0758. The van der Waals surface area contributed by atoms with Crippen molar-refractivity contribution in [3.8, 4) is 5.75 Å². The molecule has 5 nitrogen and oxygen atoms in total. The second-order valence-corrected chi connectivity index (χ2v) is 4.31. The molecule has 0 unspecified atom stereocenters. The molecule has 0 saturated heterocycles. The van der Waals surface area contributed by atoms with E-state index in [4.69, 9.17) is 4.74 Å². The van der Waals surface area contributed by atoms with Crippen molar-refractivity contribution in [1.29, 1.82) is 0 Å². The molecule has 1 aromatic heterocycles. The molecule has 0 atom stereocenters. The summed E-state index contributed by atoms with van der Waals surface area (Å²) in [5.74, 6) is 0.152. The monoisotopic (exact) mass is 277 g/mol. The summed E-state index contributed by atoms with van der Waals surface area (Å²) in [6.45, 7) is 2.13. The average Bonchev–Trinajstić information content (AvgIpc) is 2.83. The molecule has 0 fully saturated rings. The number of nitrogens with zero attached hydrogens (tertiary/aromatic N) is 1. The van der Waals surface area contributed by atoms with E-state index < -0.39 is 5.82 Å². The van der Waals surface area contributed by atoms with Gasteiger partial charge in [-0.2, -0.15) is 0 Å². The molecule has 6 heteroatoms. The van der Waals surface area contributed by atoms with Crippen molar-refractivity contribution >= 4 is 5.91 Å². The zero-order chi connectivity index (χ0) is 14.4. The molecule has 2 rings (SSSR count). The minimum atomic E-state index is -0.478. The van der Waals surface area contributed by atoms with Gasteiger partial charge in [0, 0.05) is 24.9 Å². The van der Waals surface area contributed by atoms with Gasteiger partial charge in [0.2, 0.25) is 0 Å². The highest BCUT2D eigenvalue weighted by molar-refractivity contribution is 5.77. The SMILES string of the molecule is Cc1ncc(CCNC(=O)COc2ccccc2F)[nH]1. The van der Waals surface area contributed by atoms with E-state index in [1.807, 2.05) is 6.92 Å². The van der Waals surface area contributed by atoms with Gasteiger partial charge in [-0.25, -0.2) is 9.37 Å². The fourth-order valence-corrected chi connectivity index (χ4v) is 1.69. The number of nitrogens with one attached hydrogen (secondary N) is 2. The standard InChI is InChI=1S/C14H16FN3O2/c1-10-17-8-11(18-10)6-7-16-14(19)9-20-13-5-3-2-4-12(13)15/h2-5,8H,6-7,9H2,1H3,(H,16,19)(H,17,18). The van der Waals surface area contributed by atoms with Gasteiger partial charge in [0.1, 0.15) is 5.82 Å². The highest BCUT2D eigenvalue weighted by Crippen LogP contribution is 2.14. The number of aromatic amines is 1. The molecule has 106 valence electrons. The van der Waals surface area contributed by atoms with E-state index >= 15 is 0 Å². The summed E-state index contributed by atoms with van der Waals surface area (Å²) in [7, 11) is 0. The van der Waals surface area contributed by atoms with Gasteiger partial charge in [-0.3, -0.25) is 4.79 Å². The number of benzene rings is 1. The number of hydrogen-bond acceptors (Lipinski definition) is 3. The van der Waals surface area contributed by atoms with Gasteiger partial charge in [0.25, 0.3) is 5.91 Å². The van der Waals surface area contributed by atoms with Crippen LogP contribution in [0.2, 0.25) is 0 Å². The number of aryl methyl sites for hydroxylation is 1. The second kappa shape index (κ2) is 6.70. The molecule has 20 heavy (non-hydrogen) atoms. The summed E-state index contributed by atoms with van der Waals surface area (Å²) >= 11 is 0. The molecular weight excluding hydrogens is 261 g/mol. The van der Waals surface area contributed by atoms with E-state index in [0.29, 0.717) is 13.0 Å². The van der Waals surface area contributed by atoms with Crippen LogP contribution < -0.4 is 10.1 Å². The van der Waals surface area contributed by atoms with Crippen LogP contribution >= 0.6 is 0 Å². The molecule has 1 heterocycles. The Kier molecular flexibility index (Phi) is 4.70. The Bertz CT molecular complexity index is 583. The lowest BCUT2D eigenvalue weighted by Crippen LogP contribution is -2.30. The van der Waals surface area contributed by atoms with Crippen molar-refractivity contribution in [1.82, 2.24) is 15.3 Å². The number of halogens is 1. The van der Waals surface area contributed by atoms with Gasteiger partial charge in [-0.1, -0.05) is 12.1 Å². The van der Waals surface area contributed by atoms with Crippen molar-refractivity contribution in [3.63, 3.8) is 0 Å². The van der Waals surface area contributed by atoms with Crippen LogP contribution in [-0.2, 0) is 11.2 Å².